The van der Waals surface area contributed by atoms with Crippen LogP contribution in [0.25, 0.3) is 11.1 Å². The average molecular weight is 602 g/mol. The van der Waals surface area contributed by atoms with Crippen molar-refractivity contribution in [2.75, 3.05) is 25.1 Å². The van der Waals surface area contributed by atoms with Gasteiger partial charge in [-0.05, 0) is 91.0 Å². The van der Waals surface area contributed by atoms with E-state index in [1.807, 2.05) is 12.1 Å². The van der Waals surface area contributed by atoms with E-state index in [0.29, 0.717) is 31.4 Å². The van der Waals surface area contributed by atoms with E-state index in [1.54, 1.807) is 0 Å². The first kappa shape index (κ1) is 32.0. The molecule has 0 spiro atoms. The maximum atomic E-state index is 14.3. The normalized spacial score (nSPS) is 19.1. The summed E-state index contributed by atoms with van der Waals surface area (Å²) in [6, 6.07) is 18.6. The van der Waals surface area contributed by atoms with Crippen molar-refractivity contribution in [2.24, 2.45) is 11.8 Å². The van der Waals surface area contributed by atoms with Crippen LogP contribution in [0.3, 0.4) is 0 Å². The fraction of sp³-hybridized carbons (Fsp3) is 0.394. The predicted octanol–water partition coefficient (Wildman–Crippen LogP) is 7.93. The maximum absolute atomic E-state index is 14.3. The minimum atomic E-state index is -4.64. The van der Waals surface area contributed by atoms with E-state index in [4.69, 9.17) is 19.4 Å². The van der Waals surface area contributed by atoms with Gasteiger partial charge >= 0.3 is 6.18 Å². The van der Waals surface area contributed by atoms with E-state index in [1.165, 1.54) is 0 Å². The molecule has 2 fully saturated rings. The van der Waals surface area contributed by atoms with Crippen LogP contribution in [-0.4, -0.2) is 37.3 Å². The van der Waals surface area contributed by atoms with Crippen molar-refractivity contribution in [3.8, 4) is 16.9 Å². The van der Waals surface area contributed by atoms with E-state index in [0.717, 1.165) is 73.5 Å². The van der Waals surface area contributed by atoms with Crippen LogP contribution >= 0.6 is 0 Å². The van der Waals surface area contributed by atoms with Gasteiger partial charge in [0.2, 0.25) is 5.91 Å². The summed E-state index contributed by atoms with van der Waals surface area (Å²) in [6.45, 7) is 2.03. The summed E-state index contributed by atoms with van der Waals surface area (Å²) in [7, 11) is 0. The molecule has 2 N–H and O–H groups in total. The number of rotatable bonds is 7. The molecule has 1 aliphatic carbocycles. The van der Waals surface area contributed by atoms with Crippen LogP contribution in [0.15, 0.2) is 66.7 Å². The molecule has 5 rings (SSSR count). The Labute approximate surface area is 248 Å². The molecule has 43 heavy (non-hydrogen) atoms. The molecule has 6 nitrogen and oxygen atoms in total. The van der Waals surface area contributed by atoms with Gasteiger partial charge in [-0.2, -0.15) is 13.2 Å². The maximum Gasteiger partial charge on any atom is 0.416 e. The molecule has 3 aromatic carbocycles. The van der Waals surface area contributed by atoms with Crippen LogP contribution < -0.4 is 10.1 Å². The number of anilines is 1. The third-order valence-corrected chi connectivity index (χ3v) is 7.98. The number of ether oxygens (including phenoxy) is 2. The monoisotopic (exact) mass is 601 g/mol. The second-order valence-corrected chi connectivity index (χ2v) is 10.9. The van der Waals surface area contributed by atoms with Crippen LogP contribution in [0.2, 0.25) is 0 Å². The van der Waals surface area contributed by atoms with Crippen LogP contribution in [-0.2, 0) is 20.5 Å². The minimum Gasteiger partial charge on any atom is -0.493 e. The Bertz CT molecular complexity index is 1360. The van der Waals surface area contributed by atoms with E-state index < -0.39 is 17.6 Å². The highest BCUT2D eigenvalue weighted by Crippen LogP contribution is 2.38. The van der Waals surface area contributed by atoms with Crippen LogP contribution in [0.4, 0.5) is 23.2 Å². The van der Waals surface area contributed by atoms with Crippen molar-refractivity contribution in [1.29, 1.82) is 0 Å². The molecular weight excluding hydrogens is 566 g/mol. The quantitative estimate of drug-likeness (QED) is 0.212. The Morgan fingerprint density at radius 3 is 2.37 bits per heavy atom. The largest absolute Gasteiger partial charge is 0.493 e. The molecule has 230 valence electrons. The lowest BCUT2D eigenvalue weighted by atomic mass is 9.77. The van der Waals surface area contributed by atoms with Gasteiger partial charge in [0, 0.05) is 19.1 Å². The molecular formula is C33H35F4NO5. The molecule has 1 saturated heterocycles. The zero-order valence-electron chi connectivity index (χ0n) is 23.6. The molecule has 0 bridgehead atoms. The number of halogens is 4. The van der Waals surface area contributed by atoms with Gasteiger partial charge in [-0.3, -0.25) is 9.59 Å². The summed E-state index contributed by atoms with van der Waals surface area (Å²) in [4.78, 5) is 21.2. The van der Waals surface area contributed by atoms with E-state index in [2.05, 4.69) is 41.7 Å². The Kier molecular flexibility index (Phi) is 11.2. The van der Waals surface area contributed by atoms with Crippen molar-refractivity contribution in [1.82, 2.24) is 0 Å². The lowest BCUT2D eigenvalue weighted by Gasteiger charge is -2.29. The molecule has 2 aliphatic rings. The molecule has 0 aromatic heterocycles. The summed E-state index contributed by atoms with van der Waals surface area (Å²) >= 11 is 0. The third kappa shape index (κ3) is 9.03. The van der Waals surface area contributed by atoms with E-state index in [9.17, 15) is 22.4 Å². The summed E-state index contributed by atoms with van der Waals surface area (Å²) in [5.41, 5.74) is 1.95. The van der Waals surface area contributed by atoms with Gasteiger partial charge in [0.05, 0.1) is 17.9 Å². The Morgan fingerprint density at radius 2 is 1.70 bits per heavy atom. The Balaban J connectivity index is 0.00000135. The van der Waals surface area contributed by atoms with Crippen molar-refractivity contribution in [3.05, 3.63) is 83.7 Å². The molecule has 2 unspecified atom stereocenters. The smallest absolute Gasteiger partial charge is 0.416 e. The highest BCUT2D eigenvalue weighted by Gasteiger charge is 2.32. The lowest BCUT2D eigenvalue weighted by Crippen LogP contribution is -2.28. The summed E-state index contributed by atoms with van der Waals surface area (Å²) < 4.78 is 64.2. The number of hydrogen-bond donors (Lipinski definition) is 2. The Hall–Kier alpha value is -3.92. The number of carbonyl (C=O) groups excluding carboxylic acids is 1. The Morgan fingerprint density at radius 1 is 0.977 bits per heavy atom. The second-order valence-electron chi connectivity index (χ2n) is 10.9. The van der Waals surface area contributed by atoms with E-state index >= 15 is 0 Å². The van der Waals surface area contributed by atoms with Gasteiger partial charge in [0.25, 0.3) is 6.47 Å². The van der Waals surface area contributed by atoms with Crippen LogP contribution in [0, 0.1) is 17.7 Å². The average Bonchev–Trinajstić information content (AvgIpc) is 3.02. The zero-order valence-corrected chi connectivity index (χ0v) is 23.6. The molecule has 10 heteroatoms. The number of amides is 1. The van der Waals surface area contributed by atoms with Gasteiger partial charge in [-0.25, -0.2) is 4.39 Å². The van der Waals surface area contributed by atoms with E-state index in [-0.39, 0.29) is 29.9 Å². The molecule has 0 radical (unpaired) electrons. The van der Waals surface area contributed by atoms with Crippen molar-refractivity contribution in [3.63, 3.8) is 0 Å². The van der Waals surface area contributed by atoms with Gasteiger partial charge in [-0.15, -0.1) is 0 Å². The van der Waals surface area contributed by atoms with Gasteiger partial charge in [0.15, 0.2) is 0 Å². The highest BCUT2D eigenvalue weighted by molar-refractivity contribution is 5.92. The molecule has 1 aliphatic heterocycles. The standard InChI is InChI=1S/C32H33F4NO3.CH2O2/c33-29-19-27(32(34,35)36)11-12-30(29)37-31(38)26-5-1-3-24(17-26)22-7-9-23(10-8-22)25-4-2-6-28(18-25)40-20-21-13-15-39-16-14-21;2-1-3/h2,4,6-12,18-19,21,24,26H,1,3,5,13-17,20H2,(H,37,38);1H,(H,2,3). The summed E-state index contributed by atoms with van der Waals surface area (Å²) in [5, 5.41) is 9.39. The van der Waals surface area contributed by atoms with Crippen molar-refractivity contribution >= 4 is 18.1 Å². The first-order valence-electron chi connectivity index (χ1n) is 14.3. The van der Waals surface area contributed by atoms with Crippen molar-refractivity contribution in [2.45, 2.75) is 50.6 Å². The molecule has 3 aromatic rings. The van der Waals surface area contributed by atoms with Crippen LogP contribution in [0.5, 0.6) is 5.75 Å². The number of benzene rings is 3. The van der Waals surface area contributed by atoms with Gasteiger partial charge in [-0.1, -0.05) is 42.8 Å². The lowest BCUT2D eigenvalue weighted by molar-refractivity contribution is -0.137. The third-order valence-electron chi connectivity index (χ3n) is 7.98. The van der Waals surface area contributed by atoms with Gasteiger partial charge < -0.3 is 19.9 Å². The van der Waals surface area contributed by atoms with Crippen molar-refractivity contribution < 1.29 is 41.7 Å². The van der Waals surface area contributed by atoms with Crippen LogP contribution in [0.1, 0.15) is 55.6 Å². The summed E-state index contributed by atoms with van der Waals surface area (Å²) in [5.74, 6) is -0.262. The summed E-state index contributed by atoms with van der Waals surface area (Å²) in [6.07, 6.45) is 0.441. The fourth-order valence-corrected chi connectivity index (χ4v) is 5.60. The first-order chi connectivity index (χ1) is 20.7. The molecule has 1 amide bonds. The number of alkyl halides is 3. The SMILES string of the molecule is O=C(Nc1ccc(C(F)(F)F)cc1F)C1CCCC(c2ccc(-c3cccc(OCC4CCOCC4)c3)cc2)C1.O=CO. The van der Waals surface area contributed by atoms with Gasteiger partial charge in [0.1, 0.15) is 11.6 Å². The second kappa shape index (κ2) is 15.0. The zero-order chi connectivity index (χ0) is 30.8. The molecule has 2 atom stereocenters. The molecule has 1 saturated carbocycles. The number of hydrogen-bond acceptors (Lipinski definition) is 4. The molecule has 1 heterocycles. The minimum absolute atomic E-state index is 0.171. The number of carbonyl (C=O) groups is 2. The highest BCUT2D eigenvalue weighted by atomic mass is 19.4. The topological polar surface area (TPSA) is 84.9 Å². The number of nitrogens with one attached hydrogen (secondary N) is 1. The predicted molar refractivity (Wildman–Crippen MR) is 154 cm³/mol. The first-order valence-corrected chi connectivity index (χ1v) is 14.3. The fourth-order valence-electron chi connectivity index (χ4n) is 5.60. The number of carboxylic acid groups (broad SMARTS) is 1.